The third-order valence-corrected chi connectivity index (χ3v) is 7.15. The highest BCUT2D eigenvalue weighted by Crippen LogP contribution is 2.47. The summed E-state index contributed by atoms with van der Waals surface area (Å²) in [5.41, 5.74) is 3.05. The minimum Gasteiger partial charge on any atom is -0.733 e. The van der Waals surface area contributed by atoms with E-state index in [0.717, 1.165) is 23.4 Å². The zero-order valence-electron chi connectivity index (χ0n) is 17.9. The monoisotopic (exact) mass is 439 g/mol. The summed E-state index contributed by atoms with van der Waals surface area (Å²) in [5.74, 6) is -0.0437. The molecule has 1 aromatic heterocycles. The van der Waals surface area contributed by atoms with Gasteiger partial charge in [0, 0.05) is 56.2 Å². The number of pyridine rings is 1. The molecule has 170 valence electrons. The van der Waals surface area contributed by atoms with E-state index in [1.165, 1.54) is 0 Å². The lowest BCUT2D eigenvalue weighted by Crippen LogP contribution is -2.61. The van der Waals surface area contributed by atoms with Crippen LogP contribution >= 0.6 is 0 Å². The average Bonchev–Trinajstić information content (AvgIpc) is 2.79. The number of methoxy groups -OCH3 is 1. The number of anilines is 2. The van der Waals surface area contributed by atoms with Crippen molar-refractivity contribution in [2.45, 2.75) is 31.3 Å². The summed E-state index contributed by atoms with van der Waals surface area (Å²) in [5, 5.41) is 23.7. The van der Waals surface area contributed by atoms with E-state index in [0.29, 0.717) is 32.7 Å². The summed E-state index contributed by atoms with van der Waals surface area (Å²) < 4.78 is 6.94. The van der Waals surface area contributed by atoms with Gasteiger partial charge in [0.2, 0.25) is 5.91 Å². The fourth-order valence-corrected chi connectivity index (χ4v) is 5.86. The number of carbonyl (C=O) groups excluding carboxylic acids is 1. The van der Waals surface area contributed by atoms with Gasteiger partial charge in [-0.3, -0.25) is 14.8 Å². The quantitative estimate of drug-likeness (QED) is 0.536. The number of hydrogen-bond donors (Lipinski definition) is 2. The van der Waals surface area contributed by atoms with Crippen molar-refractivity contribution < 1.29 is 14.7 Å². The lowest BCUT2D eigenvalue weighted by Gasteiger charge is -2.54. The Labute approximate surface area is 185 Å². The minimum atomic E-state index is -0.333. The largest absolute Gasteiger partial charge is 0.733 e. The van der Waals surface area contributed by atoms with Crippen LogP contribution in [0.5, 0.6) is 0 Å². The molecule has 5 rings (SSSR count). The van der Waals surface area contributed by atoms with E-state index in [2.05, 4.69) is 10.2 Å². The van der Waals surface area contributed by atoms with Crippen molar-refractivity contribution in [2.24, 2.45) is 11.8 Å². The SMILES string of the molecule is COCCNC(=O)[C@@H]1Cc2cc(N([O-])O)ccc2N2CC3CC(Cn4c3cccc4=O)[C@@H]12. The summed E-state index contributed by atoms with van der Waals surface area (Å²) in [6, 6.07) is 10.5. The van der Waals surface area contributed by atoms with Crippen LogP contribution in [0.15, 0.2) is 41.2 Å². The first-order valence-electron chi connectivity index (χ1n) is 11.0. The van der Waals surface area contributed by atoms with E-state index in [-0.39, 0.29) is 46.2 Å². The van der Waals surface area contributed by atoms with Gasteiger partial charge < -0.3 is 30.0 Å². The molecule has 2 aromatic rings. The van der Waals surface area contributed by atoms with Crippen LogP contribution in [0.1, 0.15) is 23.6 Å². The fourth-order valence-electron chi connectivity index (χ4n) is 5.86. The van der Waals surface area contributed by atoms with Crippen LogP contribution in [0.4, 0.5) is 11.4 Å². The van der Waals surface area contributed by atoms with Crippen molar-refractivity contribution >= 4 is 17.3 Å². The zero-order chi connectivity index (χ0) is 22.4. The Balaban J connectivity index is 1.55. The number of ether oxygens (including phenoxy) is 1. The van der Waals surface area contributed by atoms with Crippen molar-refractivity contribution in [1.82, 2.24) is 9.88 Å². The van der Waals surface area contributed by atoms with E-state index in [1.54, 1.807) is 25.3 Å². The third kappa shape index (κ3) is 3.46. The normalized spacial score (nSPS) is 25.4. The molecule has 0 radical (unpaired) electrons. The Morgan fingerprint density at radius 3 is 2.94 bits per heavy atom. The van der Waals surface area contributed by atoms with E-state index < -0.39 is 0 Å². The molecule has 3 aliphatic heterocycles. The van der Waals surface area contributed by atoms with Gasteiger partial charge in [-0.15, -0.1) is 0 Å². The van der Waals surface area contributed by atoms with Gasteiger partial charge >= 0.3 is 0 Å². The van der Waals surface area contributed by atoms with Crippen LogP contribution in [-0.2, 0) is 22.5 Å². The van der Waals surface area contributed by atoms with Gasteiger partial charge in [0.25, 0.3) is 5.56 Å². The van der Waals surface area contributed by atoms with Crippen LogP contribution in [0.3, 0.4) is 0 Å². The molecule has 1 fully saturated rings. The molecule has 0 saturated carbocycles. The Morgan fingerprint density at radius 2 is 2.16 bits per heavy atom. The molecule has 2 bridgehead atoms. The van der Waals surface area contributed by atoms with Crippen molar-refractivity contribution in [1.29, 1.82) is 0 Å². The fraction of sp³-hybridized carbons (Fsp3) is 0.478. The van der Waals surface area contributed by atoms with Gasteiger partial charge in [0.15, 0.2) is 0 Å². The molecule has 0 aliphatic carbocycles. The van der Waals surface area contributed by atoms with Gasteiger partial charge in [-0.05, 0) is 48.6 Å². The molecule has 3 aliphatic rings. The second-order valence-corrected chi connectivity index (χ2v) is 8.92. The number of carbonyl (C=O) groups is 1. The maximum Gasteiger partial charge on any atom is 0.250 e. The van der Waals surface area contributed by atoms with Gasteiger partial charge in [0.1, 0.15) is 0 Å². The number of fused-ring (bicyclic) bond motifs is 8. The molecule has 0 spiro atoms. The Bertz CT molecular complexity index is 1080. The molecule has 9 heteroatoms. The maximum absolute atomic E-state index is 13.2. The summed E-state index contributed by atoms with van der Waals surface area (Å²) in [7, 11) is 1.59. The first-order valence-corrected chi connectivity index (χ1v) is 11.0. The lowest BCUT2D eigenvalue weighted by atomic mass is 9.70. The van der Waals surface area contributed by atoms with Crippen molar-refractivity contribution in [3.8, 4) is 0 Å². The Morgan fingerprint density at radius 1 is 1.31 bits per heavy atom. The molecule has 1 saturated heterocycles. The second kappa shape index (κ2) is 8.23. The molecule has 2 unspecified atom stereocenters. The van der Waals surface area contributed by atoms with Gasteiger partial charge in [0.05, 0.1) is 18.2 Å². The number of hydrogen-bond acceptors (Lipinski definition) is 7. The number of piperidine rings is 1. The molecule has 1 amide bonds. The van der Waals surface area contributed by atoms with Crippen LogP contribution in [0, 0.1) is 17.0 Å². The van der Waals surface area contributed by atoms with Crippen molar-refractivity contribution in [2.75, 3.05) is 36.9 Å². The lowest BCUT2D eigenvalue weighted by molar-refractivity contribution is -0.126. The summed E-state index contributed by atoms with van der Waals surface area (Å²) in [6.07, 6.45) is 1.40. The standard InChI is InChI=1S/C23H27N4O5/c1-32-8-7-24-23(29)18-11-14-10-17(27(30)31)5-6-20(14)26-12-15-9-16(22(18)26)13-25-19(15)3-2-4-21(25)28/h2-6,10,15-16,18,22,30H,7-9,11-13H2,1H3,(H,24,29)/q-1/t15?,16?,18-,22+/m1/s1. The van der Waals surface area contributed by atoms with Crippen LogP contribution in [0.25, 0.3) is 0 Å². The minimum absolute atomic E-state index is 0.00563. The summed E-state index contributed by atoms with van der Waals surface area (Å²) in [6.45, 7) is 2.13. The molecule has 9 nitrogen and oxygen atoms in total. The highest BCUT2D eigenvalue weighted by molar-refractivity contribution is 5.82. The first kappa shape index (κ1) is 21.0. The van der Waals surface area contributed by atoms with Gasteiger partial charge in [-0.2, -0.15) is 0 Å². The van der Waals surface area contributed by atoms with Crippen LogP contribution in [-0.4, -0.2) is 48.5 Å². The van der Waals surface area contributed by atoms with E-state index >= 15 is 0 Å². The number of amides is 1. The molecule has 2 N–H and O–H groups in total. The predicted molar refractivity (Wildman–Crippen MR) is 119 cm³/mol. The topological polar surface area (TPSA) is 110 Å². The second-order valence-electron chi connectivity index (χ2n) is 8.92. The molecule has 4 heterocycles. The first-order chi connectivity index (χ1) is 15.5. The number of benzene rings is 1. The van der Waals surface area contributed by atoms with Crippen molar-refractivity contribution in [3.05, 3.63) is 63.2 Å². The van der Waals surface area contributed by atoms with E-state index in [9.17, 15) is 20.0 Å². The molecule has 32 heavy (non-hydrogen) atoms. The molecule has 1 aromatic carbocycles. The smallest absolute Gasteiger partial charge is 0.250 e. The Kier molecular flexibility index (Phi) is 5.40. The number of nitrogens with one attached hydrogen (secondary N) is 1. The van der Waals surface area contributed by atoms with Crippen LogP contribution < -0.4 is 21.0 Å². The van der Waals surface area contributed by atoms with Crippen LogP contribution in [0.2, 0.25) is 0 Å². The molecular formula is C23H27N4O5-. The van der Waals surface area contributed by atoms with E-state index in [1.807, 2.05) is 22.8 Å². The summed E-state index contributed by atoms with van der Waals surface area (Å²) >= 11 is 0. The third-order valence-electron chi connectivity index (χ3n) is 7.15. The predicted octanol–water partition coefficient (Wildman–Crippen LogP) is 1.47. The van der Waals surface area contributed by atoms with Gasteiger partial charge in [-0.1, -0.05) is 6.07 Å². The summed E-state index contributed by atoms with van der Waals surface area (Å²) in [4.78, 5) is 28.1. The number of nitrogens with zero attached hydrogens (tertiary/aromatic N) is 3. The maximum atomic E-state index is 13.2. The Hall–Kier alpha value is -2.88. The van der Waals surface area contributed by atoms with Gasteiger partial charge in [-0.25, -0.2) is 0 Å². The van der Waals surface area contributed by atoms with Crippen molar-refractivity contribution in [3.63, 3.8) is 0 Å². The molecule has 4 atom stereocenters. The van der Waals surface area contributed by atoms with E-state index in [4.69, 9.17) is 4.74 Å². The molecular weight excluding hydrogens is 412 g/mol. The number of aromatic nitrogens is 1. The highest BCUT2D eigenvalue weighted by atomic mass is 16.8. The number of rotatable bonds is 5. The average molecular weight is 439 g/mol. The zero-order valence-corrected chi connectivity index (χ0v) is 17.9. The highest BCUT2D eigenvalue weighted by Gasteiger charge is 2.49.